The second-order valence-corrected chi connectivity index (χ2v) is 6.71. The summed E-state index contributed by atoms with van der Waals surface area (Å²) in [6.07, 6.45) is 6.09. The number of aromatic nitrogens is 2. The van der Waals surface area contributed by atoms with Crippen LogP contribution in [0.25, 0.3) is 0 Å². The molecule has 0 saturated carbocycles. The van der Waals surface area contributed by atoms with Gasteiger partial charge in [-0.2, -0.15) is 0 Å². The van der Waals surface area contributed by atoms with Crippen LogP contribution in [0.3, 0.4) is 0 Å². The van der Waals surface area contributed by atoms with Gasteiger partial charge in [-0.3, -0.25) is 4.90 Å². The number of hydrogen-bond donors (Lipinski definition) is 0. The van der Waals surface area contributed by atoms with Crippen LogP contribution < -0.4 is 0 Å². The summed E-state index contributed by atoms with van der Waals surface area (Å²) >= 11 is 0. The summed E-state index contributed by atoms with van der Waals surface area (Å²) in [6, 6.07) is 0. The first-order valence-corrected chi connectivity index (χ1v) is 7.96. The maximum Gasteiger partial charge on any atom is 0.108 e. The van der Waals surface area contributed by atoms with Crippen molar-refractivity contribution >= 4 is 0 Å². The van der Waals surface area contributed by atoms with Crippen molar-refractivity contribution in [1.29, 1.82) is 0 Å². The molecule has 1 saturated heterocycles. The Morgan fingerprint density at radius 1 is 1.33 bits per heavy atom. The second kappa shape index (κ2) is 7.38. The Morgan fingerprint density at radius 3 is 2.67 bits per heavy atom. The molecule has 0 atom stereocenters. The van der Waals surface area contributed by atoms with Gasteiger partial charge >= 0.3 is 0 Å². The predicted octanol–water partition coefficient (Wildman–Crippen LogP) is 1.40. The van der Waals surface area contributed by atoms with Crippen LogP contribution in [0.15, 0.2) is 12.4 Å². The van der Waals surface area contributed by atoms with Gasteiger partial charge in [0.2, 0.25) is 0 Å². The van der Waals surface area contributed by atoms with Crippen molar-refractivity contribution in [1.82, 2.24) is 19.4 Å². The van der Waals surface area contributed by atoms with Crippen LogP contribution in [0.4, 0.5) is 0 Å². The van der Waals surface area contributed by atoms with Crippen LogP contribution in [-0.4, -0.2) is 71.3 Å². The second-order valence-electron chi connectivity index (χ2n) is 6.71. The molecule has 1 fully saturated rings. The van der Waals surface area contributed by atoms with Gasteiger partial charge in [0.1, 0.15) is 5.82 Å². The number of hydrogen-bond acceptors (Lipinski definition) is 4. The van der Waals surface area contributed by atoms with E-state index in [1.165, 1.54) is 5.82 Å². The van der Waals surface area contributed by atoms with Crippen molar-refractivity contribution in [2.45, 2.75) is 32.2 Å². The molecule has 2 heterocycles. The van der Waals surface area contributed by atoms with E-state index in [2.05, 4.69) is 47.3 Å². The van der Waals surface area contributed by atoms with Crippen molar-refractivity contribution in [3.05, 3.63) is 18.2 Å². The number of ether oxygens (including phenoxy) is 1. The Morgan fingerprint density at radius 2 is 2.05 bits per heavy atom. The summed E-state index contributed by atoms with van der Waals surface area (Å²) in [6.45, 7) is 10.7. The van der Waals surface area contributed by atoms with Gasteiger partial charge in [0.05, 0.1) is 13.2 Å². The van der Waals surface area contributed by atoms with Gasteiger partial charge in [0, 0.05) is 51.0 Å². The maximum atomic E-state index is 5.45. The van der Waals surface area contributed by atoms with Gasteiger partial charge in [-0.15, -0.1) is 0 Å². The van der Waals surface area contributed by atoms with Gasteiger partial charge < -0.3 is 14.2 Å². The van der Waals surface area contributed by atoms with Gasteiger partial charge in [0.15, 0.2) is 0 Å². The highest BCUT2D eigenvalue weighted by molar-refractivity contribution is 4.91. The molecule has 0 spiro atoms. The summed E-state index contributed by atoms with van der Waals surface area (Å²) in [7, 11) is 4.29. The molecule has 5 heteroatoms. The highest BCUT2D eigenvalue weighted by Crippen LogP contribution is 2.17. The molecule has 0 aromatic carbocycles. The standard InChI is InChI=1S/C16H30N4O/c1-16(2,20-10-12-21-13-11-20)14-18(3)8-5-6-15-17-7-9-19(15)4/h7,9H,5-6,8,10-14H2,1-4H3. The normalized spacial score (nSPS) is 17.6. The fraction of sp³-hybridized carbons (Fsp3) is 0.812. The van der Waals surface area contributed by atoms with Crippen LogP contribution in [-0.2, 0) is 18.2 Å². The number of morpholine rings is 1. The van der Waals surface area contributed by atoms with E-state index in [1.54, 1.807) is 0 Å². The first-order chi connectivity index (χ1) is 9.99. The summed E-state index contributed by atoms with van der Waals surface area (Å²) in [5.41, 5.74) is 0.210. The van der Waals surface area contributed by atoms with E-state index in [-0.39, 0.29) is 5.54 Å². The van der Waals surface area contributed by atoms with Crippen molar-refractivity contribution < 1.29 is 4.74 Å². The minimum absolute atomic E-state index is 0.210. The van der Waals surface area contributed by atoms with Gasteiger partial charge in [-0.05, 0) is 33.9 Å². The van der Waals surface area contributed by atoms with Gasteiger partial charge in [-0.1, -0.05) is 0 Å². The Balaban J connectivity index is 1.72. The van der Waals surface area contributed by atoms with Gasteiger partial charge in [0.25, 0.3) is 0 Å². The van der Waals surface area contributed by atoms with Crippen LogP contribution in [0, 0.1) is 0 Å². The van der Waals surface area contributed by atoms with E-state index in [0.29, 0.717) is 0 Å². The van der Waals surface area contributed by atoms with Crippen LogP contribution in [0.2, 0.25) is 0 Å². The molecule has 0 radical (unpaired) electrons. The predicted molar refractivity (Wildman–Crippen MR) is 85.5 cm³/mol. The zero-order chi connectivity index (χ0) is 15.3. The average molecular weight is 294 g/mol. The highest BCUT2D eigenvalue weighted by Gasteiger charge is 2.29. The summed E-state index contributed by atoms with van der Waals surface area (Å²) < 4.78 is 7.56. The summed E-state index contributed by atoms with van der Waals surface area (Å²) in [5.74, 6) is 1.18. The van der Waals surface area contributed by atoms with Gasteiger partial charge in [-0.25, -0.2) is 4.98 Å². The molecular formula is C16H30N4O. The zero-order valence-electron chi connectivity index (χ0n) is 14.0. The molecule has 0 unspecified atom stereocenters. The zero-order valence-corrected chi connectivity index (χ0v) is 14.0. The molecule has 0 amide bonds. The lowest BCUT2D eigenvalue weighted by Gasteiger charge is -2.42. The SMILES string of the molecule is CN(CCCc1nccn1C)CC(C)(C)N1CCOCC1. The topological polar surface area (TPSA) is 33.5 Å². The number of nitrogens with zero attached hydrogens (tertiary/aromatic N) is 4. The van der Waals surface area contributed by atoms with Crippen molar-refractivity contribution in [2.75, 3.05) is 46.4 Å². The molecule has 0 bridgehead atoms. The Bertz CT molecular complexity index is 424. The molecule has 21 heavy (non-hydrogen) atoms. The molecule has 120 valence electrons. The van der Waals surface area contributed by atoms with Crippen LogP contribution in [0.5, 0.6) is 0 Å². The molecule has 5 nitrogen and oxygen atoms in total. The highest BCUT2D eigenvalue weighted by atomic mass is 16.5. The quantitative estimate of drug-likeness (QED) is 0.761. The molecule has 0 aliphatic carbocycles. The largest absolute Gasteiger partial charge is 0.379 e. The third-order valence-electron chi connectivity index (χ3n) is 4.39. The third-order valence-corrected chi connectivity index (χ3v) is 4.39. The smallest absolute Gasteiger partial charge is 0.108 e. The summed E-state index contributed by atoms with van der Waals surface area (Å²) in [4.78, 5) is 9.37. The fourth-order valence-corrected chi connectivity index (χ4v) is 3.15. The van der Waals surface area contributed by atoms with Crippen LogP contribution >= 0.6 is 0 Å². The van der Waals surface area contributed by atoms with Crippen molar-refractivity contribution in [3.8, 4) is 0 Å². The molecule has 1 aromatic heterocycles. The van der Waals surface area contributed by atoms with Crippen LogP contribution in [0.1, 0.15) is 26.1 Å². The average Bonchev–Trinajstić information content (AvgIpc) is 2.85. The molecular weight excluding hydrogens is 264 g/mol. The number of aryl methyl sites for hydroxylation is 2. The van der Waals surface area contributed by atoms with E-state index in [9.17, 15) is 0 Å². The monoisotopic (exact) mass is 294 g/mol. The third kappa shape index (κ3) is 4.80. The lowest BCUT2D eigenvalue weighted by Crippen LogP contribution is -2.55. The van der Waals surface area contributed by atoms with E-state index in [4.69, 9.17) is 4.74 Å². The maximum absolute atomic E-state index is 5.45. The molecule has 1 aromatic rings. The summed E-state index contributed by atoms with van der Waals surface area (Å²) in [5, 5.41) is 0. The minimum Gasteiger partial charge on any atom is -0.379 e. The lowest BCUT2D eigenvalue weighted by atomic mass is 10.0. The van der Waals surface area contributed by atoms with E-state index >= 15 is 0 Å². The van der Waals surface area contributed by atoms with E-state index in [0.717, 1.165) is 52.2 Å². The lowest BCUT2D eigenvalue weighted by molar-refractivity contribution is -0.0194. The fourth-order valence-electron chi connectivity index (χ4n) is 3.15. The first-order valence-electron chi connectivity index (χ1n) is 7.96. The van der Waals surface area contributed by atoms with Crippen molar-refractivity contribution in [3.63, 3.8) is 0 Å². The molecule has 1 aliphatic heterocycles. The number of likely N-dealkylation sites (N-methyl/N-ethyl adjacent to an activating group) is 1. The van der Waals surface area contributed by atoms with Crippen molar-refractivity contribution in [2.24, 2.45) is 7.05 Å². The first kappa shape index (κ1) is 16.5. The molecule has 0 N–H and O–H groups in total. The van der Waals surface area contributed by atoms with E-state index in [1.807, 2.05) is 12.4 Å². The minimum atomic E-state index is 0.210. The Kier molecular flexibility index (Phi) is 5.79. The molecule has 2 rings (SSSR count). The number of rotatable bonds is 7. The van der Waals surface area contributed by atoms with E-state index < -0.39 is 0 Å². The Labute approximate surface area is 128 Å². The number of imidazole rings is 1. The molecule has 1 aliphatic rings. The Hall–Kier alpha value is -0.910.